The minimum absolute atomic E-state index is 0.0371. The molecule has 2 N–H and O–H groups in total. The fraction of sp³-hybridized carbons (Fsp3) is 0.417. The zero-order chi connectivity index (χ0) is 25.8. The Morgan fingerprint density at radius 1 is 0.595 bits per heavy atom. The third-order valence-corrected chi connectivity index (χ3v) is 7.58. The van der Waals surface area contributed by atoms with Crippen molar-refractivity contribution >= 4 is 23.3 Å². The van der Waals surface area contributed by atoms with Crippen molar-refractivity contribution < 1.29 is 48.2 Å². The second-order valence-electron chi connectivity index (χ2n) is 8.66. The van der Waals surface area contributed by atoms with Crippen molar-refractivity contribution in [3.63, 3.8) is 0 Å². The Labute approximate surface area is 214 Å². The van der Waals surface area contributed by atoms with Crippen LogP contribution in [0.4, 0.5) is 0 Å². The predicted octanol–water partition coefficient (Wildman–Crippen LogP) is 3.25. The molecular formula is C24H24N2O10S. The standard InChI is InChI=1S/C24H24N2O10S/c1-25-11(15-17(13(25)23(27)28)33-7-3-5-31-15)21-19-20(36-10-9-35-19)22(37-21)12-16-18(34-8-4-6-32-16)14(24(29)30)26(12)2/h3-10H2,1-2H3,(H,27,28)(H,29,30). The summed E-state index contributed by atoms with van der Waals surface area (Å²) < 4.78 is 38.7. The minimum Gasteiger partial charge on any atom is -0.487 e. The zero-order valence-corrected chi connectivity index (χ0v) is 20.9. The molecule has 3 aliphatic rings. The molecule has 0 saturated carbocycles. The number of rotatable bonds is 4. The van der Waals surface area contributed by atoms with Crippen LogP contribution in [-0.4, -0.2) is 70.9 Å². The number of carbonyl (C=O) groups is 2. The SMILES string of the molecule is Cn1c(C(=O)O)c2c(c1-c1sc(-c3c4c(c(C(=O)O)n3C)OCCCO4)c3c1OCCO3)OCCCO2. The highest BCUT2D eigenvalue weighted by Gasteiger charge is 2.39. The molecule has 0 radical (unpaired) electrons. The van der Waals surface area contributed by atoms with E-state index in [9.17, 15) is 19.8 Å². The minimum atomic E-state index is -1.15. The molecule has 13 heteroatoms. The van der Waals surface area contributed by atoms with Gasteiger partial charge in [0.1, 0.15) is 34.4 Å². The van der Waals surface area contributed by atoms with Gasteiger partial charge >= 0.3 is 11.9 Å². The molecule has 6 rings (SSSR count). The van der Waals surface area contributed by atoms with Crippen molar-refractivity contribution in [3.05, 3.63) is 11.4 Å². The maximum Gasteiger partial charge on any atom is 0.356 e. The molecule has 12 nitrogen and oxygen atoms in total. The van der Waals surface area contributed by atoms with Crippen molar-refractivity contribution in [2.45, 2.75) is 12.8 Å². The van der Waals surface area contributed by atoms with Crippen LogP contribution in [0.1, 0.15) is 33.8 Å². The van der Waals surface area contributed by atoms with Crippen LogP contribution in [0, 0.1) is 0 Å². The molecule has 0 amide bonds. The van der Waals surface area contributed by atoms with Crippen LogP contribution >= 0.6 is 11.3 Å². The highest BCUT2D eigenvalue weighted by Crippen LogP contribution is 2.60. The summed E-state index contributed by atoms with van der Waals surface area (Å²) in [6.07, 6.45) is 1.21. The van der Waals surface area contributed by atoms with Crippen molar-refractivity contribution in [3.8, 4) is 55.6 Å². The summed E-state index contributed by atoms with van der Waals surface area (Å²) in [7, 11) is 3.26. The zero-order valence-electron chi connectivity index (χ0n) is 20.1. The van der Waals surface area contributed by atoms with Crippen LogP contribution in [0.25, 0.3) is 21.1 Å². The van der Waals surface area contributed by atoms with E-state index in [1.54, 1.807) is 14.1 Å². The molecule has 0 unspecified atom stereocenters. The van der Waals surface area contributed by atoms with Crippen LogP contribution in [0.15, 0.2) is 0 Å². The third-order valence-electron chi connectivity index (χ3n) is 6.41. The molecule has 3 aliphatic heterocycles. The lowest BCUT2D eigenvalue weighted by molar-refractivity contribution is 0.0670. The molecule has 0 bridgehead atoms. The lowest BCUT2D eigenvalue weighted by Gasteiger charge is -2.18. The average Bonchev–Trinajstić information content (AvgIpc) is 3.26. The van der Waals surface area contributed by atoms with Gasteiger partial charge in [0.15, 0.2) is 45.9 Å². The summed E-state index contributed by atoms with van der Waals surface area (Å²) in [6, 6.07) is 0. The number of hydrogen-bond acceptors (Lipinski definition) is 9. The molecule has 0 aliphatic carbocycles. The van der Waals surface area contributed by atoms with Crippen LogP contribution in [0.5, 0.6) is 34.5 Å². The van der Waals surface area contributed by atoms with Crippen molar-refractivity contribution in [2.75, 3.05) is 39.6 Å². The van der Waals surface area contributed by atoms with Crippen molar-refractivity contribution in [1.82, 2.24) is 9.13 Å². The first kappa shape index (κ1) is 23.4. The number of ether oxygens (including phenoxy) is 6. The van der Waals surface area contributed by atoms with Gasteiger partial charge in [-0.1, -0.05) is 0 Å². The van der Waals surface area contributed by atoms with E-state index in [2.05, 4.69) is 0 Å². The largest absolute Gasteiger partial charge is 0.487 e. The number of thiophene rings is 1. The van der Waals surface area contributed by atoms with E-state index in [1.165, 1.54) is 20.5 Å². The molecule has 0 aromatic carbocycles. The summed E-state index contributed by atoms with van der Waals surface area (Å²) in [5.74, 6) is -0.495. The second kappa shape index (κ2) is 8.83. The van der Waals surface area contributed by atoms with E-state index in [1.807, 2.05) is 0 Å². The highest BCUT2D eigenvalue weighted by molar-refractivity contribution is 7.19. The molecule has 3 aromatic heterocycles. The Balaban J connectivity index is 1.63. The van der Waals surface area contributed by atoms with Gasteiger partial charge in [0, 0.05) is 26.9 Å². The van der Waals surface area contributed by atoms with Gasteiger partial charge in [0.25, 0.3) is 0 Å². The molecule has 196 valence electrons. The molecular weight excluding hydrogens is 508 g/mol. The van der Waals surface area contributed by atoms with Gasteiger partial charge in [0.2, 0.25) is 0 Å². The van der Waals surface area contributed by atoms with Crippen molar-refractivity contribution in [1.29, 1.82) is 0 Å². The van der Waals surface area contributed by atoms with Crippen LogP contribution in [0.2, 0.25) is 0 Å². The summed E-state index contributed by atoms with van der Waals surface area (Å²) >= 11 is 1.27. The molecule has 6 heterocycles. The smallest absolute Gasteiger partial charge is 0.356 e. The van der Waals surface area contributed by atoms with Gasteiger partial charge in [-0.15, -0.1) is 11.3 Å². The van der Waals surface area contributed by atoms with Gasteiger partial charge in [0.05, 0.1) is 26.4 Å². The van der Waals surface area contributed by atoms with E-state index in [0.29, 0.717) is 83.4 Å². The number of aromatic nitrogens is 2. The molecule has 3 aromatic rings. The highest BCUT2D eigenvalue weighted by atomic mass is 32.1. The number of carboxylic acid groups (broad SMARTS) is 2. The lowest BCUT2D eigenvalue weighted by Crippen LogP contribution is -2.15. The number of carboxylic acids is 2. The summed E-state index contributed by atoms with van der Waals surface area (Å²) in [4.78, 5) is 25.5. The predicted molar refractivity (Wildman–Crippen MR) is 129 cm³/mol. The van der Waals surface area contributed by atoms with Gasteiger partial charge in [-0.3, -0.25) is 0 Å². The Bertz CT molecular complexity index is 1330. The molecule has 0 spiro atoms. The normalized spacial score (nSPS) is 16.2. The lowest BCUT2D eigenvalue weighted by atomic mass is 10.2. The van der Waals surface area contributed by atoms with Gasteiger partial charge in [-0.05, 0) is 0 Å². The summed E-state index contributed by atoms with van der Waals surface area (Å²) in [5, 5.41) is 19.9. The van der Waals surface area contributed by atoms with Crippen molar-refractivity contribution in [2.24, 2.45) is 14.1 Å². The fourth-order valence-corrected chi connectivity index (χ4v) is 6.21. The maximum absolute atomic E-state index is 12.2. The Hall–Kier alpha value is -4.00. The van der Waals surface area contributed by atoms with E-state index >= 15 is 0 Å². The number of nitrogens with zero attached hydrogens (tertiary/aromatic N) is 2. The Morgan fingerprint density at radius 3 is 1.32 bits per heavy atom. The van der Waals surface area contributed by atoms with E-state index in [-0.39, 0.29) is 36.1 Å². The third kappa shape index (κ3) is 3.48. The van der Waals surface area contributed by atoms with E-state index < -0.39 is 11.9 Å². The monoisotopic (exact) mass is 532 g/mol. The van der Waals surface area contributed by atoms with Crippen LogP contribution in [-0.2, 0) is 14.1 Å². The van der Waals surface area contributed by atoms with Gasteiger partial charge < -0.3 is 47.8 Å². The topological polar surface area (TPSA) is 140 Å². The molecule has 0 fully saturated rings. The quantitative estimate of drug-likeness (QED) is 0.515. The fourth-order valence-electron chi connectivity index (χ4n) is 4.87. The second-order valence-corrected chi connectivity index (χ2v) is 9.68. The Morgan fingerprint density at radius 2 is 0.946 bits per heavy atom. The van der Waals surface area contributed by atoms with Gasteiger partial charge in [-0.2, -0.15) is 0 Å². The summed E-state index contributed by atoms with van der Waals surface area (Å²) in [5.41, 5.74) is 0.876. The first-order valence-electron chi connectivity index (χ1n) is 11.8. The average molecular weight is 533 g/mol. The summed E-state index contributed by atoms with van der Waals surface area (Å²) in [6.45, 7) is 1.96. The van der Waals surface area contributed by atoms with E-state index in [4.69, 9.17) is 28.4 Å². The van der Waals surface area contributed by atoms with Crippen LogP contribution in [0.3, 0.4) is 0 Å². The molecule has 0 saturated heterocycles. The van der Waals surface area contributed by atoms with Gasteiger partial charge in [-0.25, -0.2) is 9.59 Å². The molecule has 37 heavy (non-hydrogen) atoms. The molecule has 0 atom stereocenters. The van der Waals surface area contributed by atoms with E-state index in [0.717, 1.165) is 0 Å². The first-order valence-corrected chi connectivity index (χ1v) is 12.6. The first-order chi connectivity index (χ1) is 17.9. The Kier molecular flexibility index (Phi) is 5.59. The van der Waals surface area contributed by atoms with Crippen LogP contribution < -0.4 is 28.4 Å². The number of fused-ring (bicyclic) bond motifs is 3. The number of aromatic carboxylic acids is 2. The maximum atomic E-state index is 12.2. The number of hydrogen-bond donors (Lipinski definition) is 2.